The summed E-state index contributed by atoms with van der Waals surface area (Å²) in [6.07, 6.45) is 5.17. The van der Waals surface area contributed by atoms with E-state index in [4.69, 9.17) is 14.1 Å². The molecular weight excluding hydrogens is 396 g/mol. The van der Waals surface area contributed by atoms with Gasteiger partial charge in [0.15, 0.2) is 0 Å². The van der Waals surface area contributed by atoms with Gasteiger partial charge in [0.05, 0.1) is 35.4 Å². The van der Waals surface area contributed by atoms with E-state index in [0.717, 1.165) is 70.9 Å². The summed E-state index contributed by atoms with van der Waals surface area (Å²) in [4.78, 5) is 7.37. The first-order valence-electron chi connectivity index (χ1n) is 10.7. The Morgan fingerprint density at radius 2 is 2.13 bits per heavy atom. The fourth-order valence-electron chi connectivity index (χ4n) is 4.78. The number of aromatic nitrogens is 4. The second-order valence-electron chi connectivity index (χ2n) is 8.55. The maximum absolute atomic E-state index is 10.3. The number of ether oxygens (including phenoxy) is 1. The van der Waals surface area contributed by atoms with Crippen LogP contribution < -0.4 is 4.90 Å². The molecule has 3 aromatic heterocycles. The van der Waals surface area contributed by atoms with Crippen molar-refractivity contribution in [3.8, 4) is 17.5 Å². The Morgan fingerprint density at radius 3 is 2.83 bits per heavy atom. The first kappa shape index (κ1) is 19.5. The number of pyridine rings is 1. The zero-order valence-corrected chi connectivity index (χ0v) is 18.3. The van der Waals surface area contributed by atoms with Gasteiger partial charge >= 0.3 is 0 Å². The minimum absolute atomic E-state index is 0.239. The molecular formula is C22H26N6OS. The lowest BCUT2D eigenvalue weighted by Crippen LogP contribution is -2.44. The van der Waals surface area contributed by atoms with E-state index in [2.05, 4.69) is 34.2 Å². The zero-order valence-electron chi connectivity index (χ0n) is 17.4. The highest BCUT2D eigenvalue weighted by Crippen LogP contribution is 2.45. The van der Waals surface area contributed by atoms with E-state index in [9.17, 15) is 5.26 Å². The minimum Gasteiger partial charge on any atom is -0.377 e. The van der Waals surface area contributed by atoms with E-state index < -0.39 is 5.41 Å². The molecule has 1 saturated carbocycles. The Kier molecular flexibility index (Phi) is 4.95. The third kappa shape index (κ3) is 3.17. The van der Waals surface area contributed by atoms with Crippen molar-refractivity contribution in [2.24, 2.45) is 0 Å². The Bertz CT molecular complexity index is 1110. The fourth-order valence-corrected chi connectivity index (χ4v) is 5.73. The summed E-state index contributed by atoms with van der Waals surface area (Å²) in [7, 11) is 0. The van der Waals surface area contributed by atoms with Crippen LogP contribution in [0.3, 0.4) is 0 Å². The second kappa shape index (κ2) is 7.64. The maximum atomic E-state index is 10.3. The SMILES string of the molecule is Cc1cc(-c2nsc3c(C4(C#N)CCCCC4)cc(N4CCOCC4C)nc23)n[nH]1. The van der Waals surface area contributed by atoms with Crippen LogP contribution in [0.4, 0.5) is 5.82 Å². The molecule has 30 heavy (non-hydrogen) atoms. The van der Waals surface area contributed by atoms with Crippen molar-refractivity contribution >= 4 is 27.6 Å². The number of hydrogen-bond donors (Lipinski definition) is 1. The molecule has 1 saturated heterocycles. The van der Waals surface area contributed by atoms with Crippen LogP contribution >= 0.6 is 11.5 Å². The number of morpholine rings is 1. The normalized spacial score (nSPS) is 21.6. The van der Waals surface area contributed by atoms with Gasteiger partial charge < -0.3 is 9.64 Å². The summed E-state index contributed by atoms with van der Waals surface area (Å²) in [5.74, 6) is 0.919. The molecule has 8 heteroatoms. The molecule has 0 amide bonds. The van der Waals surface area contributed by atoms with Gasteiger partial charge in [-0.05, 0) is 55.9 Å². The largest absolute Gasteiger partial charge is 0.377 e. The molecule has 0 spiro atoms. The molecule has 0 bridgehead atoms. The van der Waals surface area contributed by atoms with Crippen molar-refractivity contribution in [3.63, 3.8) is 0 Å². The number of rotatable bonds is 3. The number of nitrogens with one attached hydrogen (secondary N) is 1. The van der Waals surface area contributed by atoms with Crippen LogP contribution in [0.15, 0.2) is 12.1 Å². The summed E-state index contributed by atoms with van der Waals surface area (Å²) in [5, 5.41) is 17.7. The van der Waals surface area contributed by atoms with Crippen molar-refractivity contribution in [2.45, 2.75) is 57.4 Å². The number of hydrogen-bond acceptors (Lipinski definition) is 7. The molecule has 4 heterocycles. The monoisotopic (exact) mass is 422 g/mol. The summed E-state index contributed by atoms with van der Waals surface area (Å²) in [5.41, 5.74) is 4.09. The Hall–Kier alpha value is -2.50. The first-order chi connectivity index (χ1) is 14.6. The van der Waals surface area contributed by atoms with Gasteiger partial charge in [0.25, 0.3) is 0 Å². The zero-order chi connectivity index (χ0) is 20.7. The summed E-state index contributed by atoms with van der Waals surface area (Å²) in [6, 6.07) is 7.11. The molecule has 7 nitrogen and oxygen atoms in total. The van der Waals surface area contributed by atoms with Crippen molar-refractivity contribution in [1.29, 1.82) is 5.26 Å². The molecule has 1 N–H and O–H groups in total. The molecule has 1 atom stereocenters. The number of fused-ring (bicyclic) bond motifs is 1. The topological polar surface area (TPSA) is 90.7 Å². The highest BCUT2D eigenvalue weighted by molar-refractivity contribution is 7.13. The van der Waals surface area contributed by atoms with Crippen molar-refractivity contribution in [1.82, 2.24) is 19.6 Å². The highest BCUT2D eigenvalue weighted by atomic mass is 32.1. The van der Waals surface area contributed by atoms with Gasteiger partial charge in [0.1, 0.15) is 22.7 Å². The van der Waals surface area contributed by atoms with Gasteiger partial charge in [-0.25, -0.2) is 4.98 Å². The molecule has 0 radical (unpaired) electrons. The number of nitrogens with zero attached hydrogens (tertiary/aromatic N) is 5. The number of aryl methyl sites for hydroxylation is 1. The van der Waals surface area contributed by atoms with Crippen LogP contribution in [-0.2, 0) is 10.2 Å². The molecule has 3 aromatic rings. The second-order valence-corrected chi connectivity index (χ2v) is 9.32. The van der Waals surface area contributed by atoms with E-state index in [0.29, 0.717) is 13.2 Å². The predicted octanol–water partition coefficient (Wildman–Crippen LogP) is 4.34. The Labute approximate surface area is 180 Å². The Balaban J connectivity index is 1.73. The van der Waals surface area contributed by atoms with Crippen LogP contribution in [0.5, 0.6) is 0 Å². The van der Waals surface area contributed by atoms with Crippen LogP contribution in [0.2, 0.25) is 0 Å². The average Bonchev–Trinajstić information content (AvgIpc) is 3.39. The van der Waals surface area contributed by atoms with Crippen molar-refractivity contribution in [3.05, 3.63) is 23.4 Å². The van der Waals surface area contributed by atoms with Gasteiger partial charge in [-0.15, -0.1) is 0 Å². The molecule has 0 aromatic carbocycles. The lowest BCUT2D eigenvalue weighted by atomic mass is 9.70. The van der Waals surface area contributed by atoms with Crippen LogP contribution in [0, 0.1) is 18.3 Å². The first-order valence-corrected chi connectivity index (χ1v) is 11.5. The van der Waals surface area contributed by atoms with Gasteiger partial charge in [-0.2, -0.15) is 14.7 Å². The van der Waals surface area contributed by atoms with Crippen LogP contribution in [-0.4, -0.2) is 45.4 Å². The average molecular weight is 423 g/mol. The van der Waals surface area contributed by atoms with Gasteiger partial charge in [0.2, 0.25) is 0 Å². The fraction of sp³-hybridized carbons (Fsp3) is 0.545. The van der Waals surface area contributed by atoms with Gasteiger partial charge in [-0.3, -0.25) is 5.10 Å². The number of H-pyrrole nitrogens is 1. The third-order valence-corrected chi connectivity index (χ3v) is 7.33. The lowest BCUT2D eigenvalue weighted by Gasteiger charge is -2.36. The van der Waals surface area contributed by atoms with Crippen LogP contribution in [0.25, 0.3) is 21.6 Å². The third-order valence-electron chi connectivity index (χ3n) is 6.46. The summed E-state index contributed by atoms with van der Waals surface area (Å²) >= 11 is 1.45. The van der Waals surface area contributed by atoms with E-state index in [-0.39, 0.29) is 6.04 Å². The Morgan fingerprint density at radius 1 is 1.30 bits per heavy atom. The highest BCUT2D eigenvalue weighted by Gasteiger charge is 2.38. The van der Waals surface area contributed by atoms with Crippen molar-refractivity contribution < 1.29 is 4.74 Å². The lowest BCUT2D eigenvalue weighted by molar-refractivity contribution is 0.0985. The number of anilines is 1. The molecule has 1 aliphatic heterocycles. The predicted molar refractivity (Wildman–Crippen MR) is 118 cm³/mol. The molecule has 2 aliphatic rings. The summed E-state index contributed by atoms with van der Waals surface area (Å²) in [6.45, 7) is 6.32. The molecule has 156 valence electrons. The smallest absolute Gasteiger partial charge is 0.131 e. The maximum Gasteiger partial charge on any atom is 0.131 e. The molecule has 1 unspecified atom stereocenters. The van der Waals surface area contributed by atoms with E-state index in [1.165, 1.54) is 18.0 Å². The molecule has 1 aliphatic carbocycles. The van der Waals surface area contributed by atoms with E-state index in [1.807, 2.05) is 13.0 Å². The minimum atomic E-state index is -0.463. The van der Waals surface area contributed by atoms with Gasteiger partial charge in [0, 0.05) is 12.2 Å². The van der Waals surface area contributed by atoms with Gasteiger partial charge in [-0.1, -0.05) is 19.3 Å². The van der Waals surface area contributed by atoms with Crippen LogP contribution in [0.1, 0.15) is 50.3 Å². The quantitative estimate of drug-likeness (QED) is 0.675. The molecule has 2 fully saturated rings. The van der Waals surface area contributed by atoms with E-state index in [1.54, 1.807) is 0 Å². The number of aromatic amines is 1. The van der Waals surface area contributed by atoms with Crippen molar-refractivity contribution in [2.75, 3.05) is 24.7 Å². The summed E-state index contributed by atoms with van der Waals surface area (Å²) < 4.78 is 11.4. The number of nitriles is 1. The standard InChI is InChI=1S/C22H26N6OS/c1-14-10-17(26-25-14)19-20-21(30-27-19)16(22(13-23)6-4-3-5-7-22)11-18(24-20)28-8-9-29-12-15(28)2/h10-11,15H,3-9,12H2,1-2H3,(H,25,26). The molecule has 5 rings (SSSR count). The van der Waals surface area contributed by atoms with E-state index >= 15 is 0 Å².